The molecule has 0 aromatic heterocycles. The van der Waals surface area contributed by atoms with Crippen LogP contribution in [0.4, 0.5) is 0 Å². The molecule has 4 N–H and O–H groups in total. The highest BCUT2D eigenvalue weighted by Crippen LogP contribution is 2.15. The van der Waals surface area contributed by atoms with E-state index in [9.17, 15) is 9.59 Å². The second-order valence-corrected chi connectivity index (χ2v) is 6.96. The Balaban J connectivity index is 0. The molecule has 0 bridgehead atoms. The van der Waals surface area contributed by atoms with Gasteiger partial charge in [-0.25, -0.2) is 0 Å². The number of amides is 2. The largest absolute Gasteiger partial charge is 0.351 e. The van der Waals surface area contributed by atoms with Gasteiger partial charge < -0.3 is 21.3 Å². The molecule has 0 aromatic rings. The van der Waals surface area contributed by atoms with Gasteiger partial charge in [-0.15, -0.1) is 24.8 Å². The maximum absolute atomic E-state index is 11.9. The maximum atomic E-state index is 11.9. The molecule has 0 radical (unpaired) electrons. The minimum Gasteiger partial charge on any atom is -0.351 e. The SMILES string of the molecule is CC1CCCN(CC(C)NC(=O)CNC(=O)[C@@H](N)C(C)C)C1.Cl.Cl. The van der Waals surface area contributed by atoms with Gasteiger partial charge in [-0.3, -0.25) is 9.59 Å². The van der Waals surface area contributed by atoms with Crippen LogP contribution in [0.1, 0.15) is 40.5 Å². The number of carbonyl (C=O) groups is 2. The van der Waals surface area contributed by atoms with Gasteiger partial charge in [0.1, 0.15) is 0 Å². The molecule has 1 heterocycles. The van der Waals surface area contributed by atoms with E-state index in [1.807, 2.05) is 20.8 Å². The minimum atomic E-state index is -0.569. The molecule has 1 saturated heterocycles. The summed E-state index contributed by atoms with van der Waals surface area (Å²) in [5.41, 5.74) is 5.73. The van der Waals surface area contributed by atoms with Gasteiger partial charge in [-0.1, -0.05) is 20.8 Å². The van der Waals surface area contributed by atoms with Crippen molar-refractivity contribution in [3.05, 3.63) is 0 Å². The van der Waals surface area contributed by atoms with Crippen molar-refractivity contribution < 1.29 is 9.59 Å². The normalized spacial score (nSPS) is 20.3. The summed E-state index contributed by atoms with van der Waals surface area (Å²) in [6, 6.07) is -0.492. The molecule has 1 aliphatic rings. The van der Waals surface area contributed by atoms with Gasteiger partial charge in [-0.2, -0.15) is 0 Å². The summed E-state index contributed by atoms with van der Waals surface area (Å²) in [4.78, 5) is 26.0. The highest BCUT2D eigenvalue weighted by Gasteiger charge is 2.20. The van der Waals surface area contributed by atoms with Crippen molar-refractivity contribution in [2.24, 2.45) is 17.6 Å². The molecular weight excluding hydrogens is 351 g/mol. The Bertz CT molecular complexity index is 383. The number of nitrogens with one attached hydrogen (secondary N) is 2. The Hall–Kier alpha value is -0.560. The third-order valence-corrected chi connectivity index (χ3v) is 4.12. The molecule has 24 heavy (non-hydrogen) atoms. The standard InChI is InChI=1S/C16H32N4O2.2ClH/c1-11(2)15(17)16(22)18-8-14(21)19-13(4)10-20-7-5-6-12(3)9-20;;/h11-13,15H,5-10,17H2,1-4H3,(H,18,22)(H,19,21);2*1H/t12?,13?,15-;;/m0../s1. The average Bonchev–Trinajstić information content (AvgIpc) is 2.43. The number of hydrogen-bond donors (Lipinski definition) is 3. The highest BCUT2D eigenvalue weighted by atomic mass is 35.5. The van der Waals surface area contributed by atoms with Crippen molar-refractivity contribution in [3.63, 3.8) is 0 Å². The number of carbonyl (C=O) groups excluding carboxylic acids is 2. The van der Waals surface area contributed by atoms with Crippen molar-refractivity contribution in [1.82, 2.24) is 15.5 Å². The maximum Gasteiger partial charge on any atom is 0.239 e. The third-order valence-electron chi connectivity index (χ3n) is 4.12. The number of hydrogen-bond acceptors (Lipinski definition) is 4. The van der Waals surface area contributed by atoms with E-state index < -0.39 is 6.04 Å². The Morgan fingerprint density at radius 2 is 1.88 bits per heavy atom. The van der Waals surface area contributed by atoms with Gasteiger partial charge in [0.05, 0.1) is 12.6 Å². The molecule has 0 aromatic carbocycles. The quantitative estimate of drug-likeness (QED) is 0.614. The first-order valence-corrected chi connectivity index (χ1v) is 8.34. The molecule has 144 valence electrons. The first-order chi connectivity index (χ1) is 10.3. The summed E-state index contributed by atoms with van der Waals surface area (Å²) in [6.45, 7) is 11.1. The molecule has 1 fully saturated rings. The predicted molar refractivity (Wildman–Crippen MR) is 103 cm³/mol. The van der Waals surface area contributed by atoms with Gasteiger partial charge >= 0.3 is 0 Å². The van der Waals surface area contributed by atoms with E-state index in [0.717, 1.165) is 25.6 Å². The lowest BCUT2D eigenvalue weighted by atomic mass is 10.00. The van der Waals surface area contributed by atoms with E-state index in [2.05, 4.69) is 22.5 Å². The third kappa shape index (κ3) is 9.67. The highest BCUT2D eigenvalue weighted by molar-refractivity contribution is 5.87. The number of halogens is 2. The molecule has 0 aliphatic carbocycles. The molecule has 2 amide bonds. The molecule has 8 heteroatoms. The smallest absolute Gasteiger partial charge is 0.239 e. The zero-order valence-electron chi connectivity index (χ0n) is 15.2. The molecule has 0 saturated carbocycles. The van der Waals surface area contributed by atoms with Gasteiger partial charge in [0.25, 0.3) is 0 Å². The number of nitrogens with two attached hydrogens (primary N) is 1. The summed E-state index contributed by atoms with van der Waals surface area (Å²) < 4.78 is 0. The zero-order valence-corrected chi connectivity index (χ0v) is 16.8. The minimum absolute atomic E-state index is 0. The summed E-state index contributed by atoms with van der Waals surface area (Å²) in [7, 11) is 0. The fraction of sp³-hybridized carbons (Fsp3) is 0.875. The van der Waals surface area contributed by atoms with Crippen LogP contribution in [0.2, 0.25) is 0 Å². The monoisotopic (exact) mass is 384 g/mol. The van der Waals surface area contributed by atoms with E-state index in [1.165, 1.54) is 12.8 Å². The second-order valence-electron chi connectivity index (χ2n) is 6.96. The van der Waals surface area contributed by atoms with Crippen LogP contribution in [-0.2, 0) is 9.59 Å². The van der Waals surface area contributed by atoms with E-state index in [4.69, 9.17) is 5.73 Å². The number of nitrogens with zero attached hydrogens (tertiary/aromatic N) is 1. The summed E-state index contributed by atoms with van der Waals surface area (Å²) >= 11 is 0. The molecule has 1 aliphatic heterocycles. The summed E-state index contributed by atoms with van der Waals surface area (Å²) in [5.74, 6) is 0.348. The molecule has 0 spiro atoms. The topological polar surface area (TPSA) is 87.5 Å². The van der Waals surface area contributed by atoms with Crippen LogP contribution in [-0.4, -0.2) is 55.0 Å². The van der Waals surface area contributed by atoms with Crippen molar-refractivity contribution in [3.8, 4) is 0 Å². The van der Waals surface area contributed by atoms with Crippen molar-refractivity contribution in [2.75, 3.05) is 26.2 Å². The van der Waals surface area contributed by atoms with Gasteiger partial charge in [0.2, 0.25) is 11.8 Å². The van der Waals surface area contributed by atoms with E-state index >= 15 is 0 Å². The number of likely N-dealkylation sites (tertiary alicyclic amines) is 1. The van der Waals surface area contributed by atoms with Crippen LogP contribution >= 0.6 is 24.8 Å². The Morgan fingerprint density at radius 1 is 1.25 bits per heavy atom. The first-order valence-electron chi connectivity index (χ1n) is 8.34. The van der Waals surface area contributed by atoms with Crippen molar-refractivity contribution in [1.29, 1.82) is 0 Å². The van der Waals surface area contributed by atoms with Crippen LogP contribution in [0.25, 0.3) is 0 Å². The average molecular weight is 385 g/mol. The Morgan fingerprint density at radius 3 is 2.42 bits per heavy atom. The van der Waals surface area contributed by atoms with E-state index in [0.29, 0.717) is 0 Å². The zero-order chi connectivity index (χ0) is 16.7. The molecule has 1 rings (SSSR count). The molecule has 2 unspecified atom stereocenters. The van der Waals surface area contributed by atoms with Gasteiger partial charge in [-0.05, 0) is 38.1 Å². The van der Waals surface area contributed by atoms with Crippen LogP contribution < -0.4 is 16.4 Å². The fourth-order valence-corrected chi connectivity index (χ4v) is 2.80. The summed E-state index contributed by atoms with van der Waals surface area (Å²) in [5, 5.41) is 5.52. The molecule has 3 atom stereocenters. The lowest BCUT2D eigenvalue weighted by Gasteiger charge is -2.32. The van der Waals surface area contributed by atoms with Crippen LogP contribution in [0.3, 0.4) is 0 Å². The van der Waals surface area contributed by atoms with Gasteiger partial charge in [0, 0.05) is 19.1 Å². The van der Waals surface area contributed by atoms with Crippen molar-refractivity contribution in [2.45, 2.75) is 52.6 Å². The second kappa shape index (κ2) is 12.8. The van der Waals surface area contributed by atoms with E-state index in [1.54, 1.807) is 0 Å². The summed E-state index contributed by atoms with van der Waals surface area (Å²) in [6.07, 6.45) is 2.52. The Kier molecular flexibility index (Phi) is 13.6. The van der Waals surface area contributed by atoms with Gasteiger partial charge in [0.15, 0.2) is 0 Å². The molecular formula is C16H34Cl2N4O2. The van der Waals surface area contributed by atoms with Crippen LogP contribution in [0.5, 0.6) is 0 Å². The van der Waals surface area contributed by atoms with E-state index in [-0.39, 0.29) is 55.1 Å². The van der Waals surface area contributed by atoms with Crippen molar-refractivity contribution >= 4 is 36.6 Å². The Labute approximate surface area is 158 Å². The lowest BCUT2D eigenvalue weighted by molar-refractivity contribution is -0.127. The van der Waals surface area contributed by atoms with Crippen LogP contribution in [0, 0.1) is 11.8 Å². The first kappa shape index (κ1) is 25.7. The number of piperidine rings is 1. The fourth-order valence-electron chi connectivity index (χ4n) is 2.80. The predicted octanol–water partition coefficient (Wildman–Crippen LogP) is 1.17. The number of rotatable bonds is 7. The lowest BCUT2D eigenvalue weighted by Crippen LogP contribution is -2.50. The molecule has 6 nitrogen and oxygen atoms in total. The van der Waals surface area contributed by atoms with Crippen LogP contribution in [0.15, 0.2) is 0 Å².